The van der Waals surface area contributed by atoms with Crippen LogP contribution in [0, 0.1) is 6.92 Å². The number of benzene rings is 1. The fraction of sp³-hybridized carbons (Fsp3) is 0.250. The molecule has 0 aliphatic rings. The second kappa shape index (κ2) is 5.63. The van der Waals surface area contributed by atoms with Crippen molar-refractivity contribution >= 4 is 49.1 Å². The number of aryl methyl sites for hydroxylation is 2. The van der Waals surface area contributed by atoms with Crippen molar-refractivity contribution in [3.8, 4) is 0 Å². The van der Waals surface area contributed by atoms with Crippen LogP contribution >= 0.6 is 43.5 Å². The molecule has 0 bridgehead atoms. The second-order valence-corrected chi connectivity index (χ2v) is 6.08. The minimum atomic E-state index is 0.652. The van der Waals surface area contributed by atoms with Crippen LogP contribution in [0.15, 0.2) is 27.1 Å². The van der Waals surface area contributed by atoms with Crippen LogP contribution in [0.1, 0.15) is 11.3 Å². The SMILES string of the molecule is Cc1nn(C)c(Cl)c1CNc1ccc(Br)cc1Br. The Morgan fingerprint density at radius 1 is 1.39 bits per heavy atom. The summed E-state index contributed by atoms with van der Waals surface area (Å²) in [6.45, 7) is 2.61. The zero-order valence-corrected chi connectivity index (χ0v) is 13.9. The van der Waals surface area contributed by atoms with Crippen molar-refractivity contribution < 1.29 is 0 Å². The molecule has 0 atom stereocenters. The van der Waals surface area contributed by atoms with E-state index in [-0.39, 0.29) is 0 Å². The van der Waals surface area contributed by atoms with E-state index in [0.29, 0.717) is 11.7 Å². The minimum absolute atomic E-state index is 0.652. The van der Waals surface area contributed by atoms with Gasteiger partial charge in [-0.1, -0.05) is 27.5 Å². The molecule has 1 heterocycles. The predicted octanol–water partition coefficient (Wildman–Crippen LogP) is 4.52. The third-order valence-corrected chi connectivity index (χ3v) is 4.28. The van der Waals surface area contributed by atoms with Crippen molar-refractivity contribution in [1.82, 2.24) is 9.78 Å². The molecule has 0 saturated carbocycles. The summed E-state index contributed by atoms with van der Waals surface area (Å²) in [5.74, 6) is 0. The molecule has 18 heavy (non-hydrogen) atoms. The standard InChI is InChI=1S/C12H12Br2ClN3/c1-7-9(12(15)18(2)17-7)6-16-11-4-3-8(13)5-10(11)14/h3-5,16H,6H2,1-2H3. The van der Waals surface area contributed by atoms with Crippen LogP contribution in [0.25, 0.3) is 0 Å². The average molecular weight is 394 g/mol. The van der Waals surface area contributed by atoms with E-state index in [1.54, 1.807) is 4.68 Å². The maximum Gasteiger partial charge on any atom is 0.131 e. The van der Waals surface area contributed by atoms with Crippen LogP contribution in [0.2, 0.25) is 5.15 Å². The van der Waals surface area contributed by atoms with Crippen LogP contribution in [-0.2, 0) is 13.6 Å². The smallest absolute Gasteiger partial charge is 0.131 e. The normalized spacial score (nSPS) is 10.7. The first-order chi connectivity index (χ1) is 8.49. The van der Waals surface area contributed by atoms with Crippen LogP contribution in [0.3, 0.4) is 0 Å². The summed E-state index contributed by atoms with van der Waals surface area (Å²) < 4.78 is 3.73. The summed E-state index contributed by atoms with van der Waals surface area (Å²) in [7, 11) is 1.84. The van der Waals surface area contributed by atoms with Gasteiger partial charge in [-0.2, -0.15) is 5.10 Å². The topological polar surface area (TPSA) is 29.9 Å². The van der Waals surface area contributed by atoms with E-state index in [1.807, 2.05) is 32.2 Å². The Morgan fingerprint density at radius 2 is 2.11 bits per heavy atom. The first-order valence-corrected chi connectivity index (χ1v) is 7.32. The molecule has 0 radical (unpaired) electrons. The Balaban J connectivity index is 2.16. The second-order valence-electron chi connectivity index (χ2n) is 3.96. The van der Waals surface area contributed by atoms with E-state index >= 15 is 0 Å². The van der Waals surface area contributed by atoms with E-state index < -0.39 is 0 Å². The maximum absolute atomic E-state index is 6.19. The lowest BCUT2D eigenvalue weighted by molar-refractivity contribution is 0.757. The van der Waals surface area contributed by atoms with E-state index in [0.717, 1.165) is 25.9 Å². The summed E-state index contributed by atoms with van der Waals surface area (Å²) in [4.78, 5) is 0. The largest absolute Gasteiger partial charge is 0.380 e. The third kappa shape index (κ3) is 2.90. The molecular weight excluding hydrogens is 381 g/mol. The molecule has 96 valence electrons. The zero-order chi connectivity index (χ0) is 13.3. The number of halogens is 3. The Bertz CT molecular complexity index is 581. The van der Waals surface area contributed by atoms with Crippen LogP contribution < -0.4 is 5.32 Å². The van der Waals surface area contributed by atoms with E-state index in [1.165, 1.54) is 0 Å². The van der Waals surface area contributed by atoms with Gasteiger partial charge in [-0.3, -0.25) is 4.68 Å². The lowest BCUT2D eigenvalue weighted by atomic mass is 10.2. The van der Waals surface area contributed by atoms with Gasteiger partial charge in [-0.25, -0.2) is 0 Å². The zero-order valence-electron chi connectivity index (χ0n) is 9.97. The quantitative estimate of drug-likeness (QED) is 0.831. The molecule has 0 unspecified atom stereocenters. The molecule has 6 heteroatoms. The molecule has 0 fully saturated rings. The van der Waals surface area contributed by atoms with Gasteiger partial charge in [0, 0.05) is 33.8 Å². The van der Waals surface area contributed by atoms with Crippen molar-refractivity contribution in [2.75, 3.05) is 5.32 Å². The maximum atomic E-state index is 6.19. The van der Waals surface area contributed by atoms with Gasteiger partial charge >= 0.3 is 0 Å². The molecule has 2 aromatic rings. The van der Waals surface area contributed by atoms with Crippen molar-refractivity contribution in [1.29, 1.82) is 0 Å². The first kappa shape index (κ1) is 13.9. The number of nitrogens with one attached hydrogen (secondary N) is 1. The number of aromatic nitrogens is 2. The van der Waals surface area contributed by atoms with Gasteiger partial charge in [0.15, 0.2) is 0 Å². The summed E-state index contributed by atoms with van der Waals surface area (Å²) >= 11 is 13.1. The average Bonchev–Trinajstić information content (AvgIpc) is 2.53. The van der Waals surface area contributed by atoms with Gasteiger partial charge in [0.1, 0.15) is 5.15 Å². The van der Waals surface area contributed by atoms with E-state index in [4.69, 9.17) is 11.6 Å². The fourth-order valence-corrected chi connectivity index (χ4v) is 3.12. The highest BCUT2D eigenvalue weighted by molar-refractivity contribution is 9.11. The number of hydrogen-bond donors (Lipinski definition) is 1. The lowest BCUT2D eigenvalue weighted by Crippen LogP contribution is -2.01. The molecule has 1 N–H and O–H groups in total. The predicted molar refractivity (Wildman–Crippen MR) is 82.1 cm³/mol. The van der Waals surface area contributed by atoms with Gasteiger partial charge in [-0.05, 0) is 41.1 Å². The summed E-state index contributed by atoms with van der Waals surface area (Å²) in [5, 5.41) is 8.31. The number of nitrogens with zero attached hydrogens (tertiary/aromatic N) is 2. The fourth-order valence-electron chi connectivity index (χ4n) is 1.69. The number of anilines is 1. The van der Waals surface area contributed by atoms with E-state index in [9.17, 15) is 0 Å². The van der Waals surface area contributed by atoms with Gasteiger partial charge in [0.2, 0.25) is 0 Å². The number of rotatable bonds is 3. The first-order valence-electron chi connectivity index (χ1n) is 5.36. The molecule has 0 saturated heterocycles. The van der Waals surface area contributed by atoms with Crippen LogP contribution in [0.4, 0.5) is 5.69 Å². The van der Waals surface area contributed by atoms with Gasteiger partial charge in [0.05, 0.1) is 5.69 Å². The monoisotopic (exact) mass is 391 g/mol. The van der Waals surface area contributed by atoms with Crippen LogP contribution in [0.5, 0.6) is 0 Å². The van der Waals surface area contributed by atoms with Crippen molar-refractivity contribution in [2.24, 2.45) is 7.05 Å². The van der Waals surface area contributed by atoms with Crippen molar-refractivity contribution in [3.05, 3.63) is 43.6 Å². The molecule has 2 rings (SSSR count). The van der Waals surface area contributed by atoms with Gasteiger partial charge < -0.3 is 5.32 Å². The Morgan fingerprint density at radius 3 is 2.67 bits per heavy atom. The molecular formula is C12H12Br2ClN3. The highest BCUT2D eigenvalue weighted by atomic mass is 79.9. The molecule has 0 spiro atoms. The molecule has 0 aliphatic carbocycles. The molecule has 3 nitrogen and oxygen atoms in total. The highest BCUT2D eigenvalue weighted by Crippen LogP contribution is 2.27. The van der Waals surface area contributed by atoms with Gasteiger partial charge in [0.25, 0.3) is 0 Å². The highest BCUT2D eigenvalue weighted by Gasteiger charge is 2.11. The van der Waals surface area contributed by atoms with Crippen LogP contribution in [-0.4, -0.2) is 9.78 Å². The Kier molecular flexibility index (Phi) is 4.35. The van der Waals surface area contributed by atoms with Gasteiger partial charge in [-0.15, -0.1) is 0 Å². The summed E-state index contributed by atoms with van der Waals surface area (Å²) in [6.07, 6.45) is 0. The minimum Gasteiger partial charge on any atom is -0.380 e. The summed E-state index contributed by atoms with van der Waals surface area (Å²) in [5.41, 5.74) is 3.00. The molecule has 0 aliphatic heterocycles. The van der Waals surface area contributed by atoms with Crippen molar-refractivity contribution in [3.63, 3.8) is 0 Å². The molecule has 0 amide bonds. The Hall–Kier alpha value is -0.520. The summed E-state index contributed by atoms with van der Waals surface area (Å²) in [6, 6.07) is 6.00. The number of hydrogen-bond acceptors (Lipinski definition) is 2. The molecule has 1 aromatic carbocycles. The van der Waals surface area contributed by atoms with E-state index in [2.05, 4.69) is 42.3 Å². The lowest BCUT2D eigenvalue weighted by Gasteiger charge is -2.08. The Labute approximate surface area is 128 Å². The van der Waals surface area contributed by atoms with Crippen molar-refractivity contribution in [2.45, 2.75) is 13.5 Å². The third-order valence-electron chi connectivity index (χ3n) is 2.66. The molecule has 1 aromatic heterocycles.